The van der Waals surface area contributed by atoms with Gasteiger partial charge in [-0.25, -0.2) is 9.13 Å². The maximum absolute atomic E-state index is 11.5. The van der Waals surface area contributed by atoms with Crippen LogP contribution in [0.1, 0.15) is 178 Å². The smallest absolute Gasteiger partial charge is 0.302 e. The summed E-state index contributed by atoms with van der Waals surface area (Å²) in [6, 6.07) is 0. The number of hydrogen-bond donors (Lipinski definition) is 3. The fourth-order valence-corrected chi connectivity index (χ4v) is 7.46. The Bertz CT molecular complexity index is 1490. The number of phosphoric acid groups is 2. The van der Waals surface area contributed by atoms with Gasteiger partial charge in [0.15, 0.2) is 0 Å². The van der Waals surface area contributed by atoms with Crippen molar-refractivity contribution in [2.24, 2.45) is 0 Å². The summed E-state index contributed by atoms with van der Waals surface area (Å²) in [4.78, 5) is 26.6. The monoisotopic (exact) mass is 805 g/mol. The van der Waals surface area contributed by atoms with Crippen molar-refractivity contribution in [2.45, 2.75) is 178 Å². The highest BCUT2D eigenvalue weighted by molar-refractivity contribution is 7.60. The van der Waals surface area contributed by atoms with Gasteiger partial charge in [0.1, 0.15) is 0 Å². The molecule has 1 unspecified atom stereocenters. The van der Waals surface area contributed by atoms with E-state index >= 15 is 0 Å². The highest BCUT2D eigenvalue weighted by atomic mass is 31.3. The lowest BCUT2D eigenvalue weighted by Gasteiger charge is -2.11. The second-order valence-corrected chi connectivity index (χ2v) is 18.5. The standard InChI is InChI=1S/C46H78O7P2/c1-38(2)20-11-21-39(3)22-12-23-40(4)24-13-25-41(5)26-14-27-42(6)28-15-29-43(7)30-16-31-44(8)32-17-33-45(9)34-18-35-46(10)36-19-37-52-55(50,51)53-54(47,48)49/h20,22,24,26,28,30,32,34,36H,11-19,21,23,25,27,29,31,33,35,37H2,1-10H3,(H,50,51)(H2,47,48,49). The van der Waals surface area contributed by atoms with Crippen LogP contribution in [0.4, 0.5) is 0 Å². The Balaban J connectivity index is 4.27. The van der Waals surface area contributed by atoms with E-state index in [0.717, 1.165) is 102 Å². The van der Waals surface area contributed by atoms with Gasteiger partial charge in [-0.15, -0.1) is 0 Å². The minimum absolute atomic E-state index is 0.175. The third-order valence-electron chi connectivity index (χ3n) is 9.39. The molecule has 0 bridgehead atoms. The topological polar surface area (TPSA) is 113 Å². The number of phosphoric ester groups is 1. The molecule has 0 radical (unpaired) electrons. The molecule has 0 fully saturated rings. The minimum Gasteiger partial charge on any atom is -0.302 e. The van der Waals surface area contributed by atoms with Crippen molar-refractivity contribution >= 4 is 15.6 Å². The summed E-state index contributed by atoms with van der Waals surface area (Å²) in [5.41, 5.74) is 12.8. The van der Waals surface area contributed by atoms with Crippen LogP contribution in [0.25, 0.3) is 0 Å². The lowest BCUT2D eigenvalue weighted by Crippen LogP contribution is -1.95. The summed E-state index contributed by atoms with van der Waals surface area (Å²) in [5.74, 6) is 0. The van der Waals surface area contributed by atoms with Crippen LogP contribution in [-0.2, 0) is 18.0 Å². The van der Waals surface area contributed by atoms with E-state index in [1.807, 2.05) is 13.0 Å². The van der Waals surface area contributed by atoms with Crippen LogP contribution < -0.4 is 0 Å². The largest absolute Gasteiger partial charge is 0.481 e. The van der Waals surface area contributed by atoms with Gasteiger partial charge in [0.25, 0.3) is 0 Å². The molecule has 314 valence electrons. The quantitative estimate of drug-likeness (QED) is 0.0376. The average Bonchev–Trinajstić information content (AvgIpc) is 3.05. The molecule has 55 heavy (non-hydrogen) atoms. The number of hydrogen-bond acceptors (Lipinski definition) is 4. The van der Waals surface area contributed by atoms with Gasteiger partial charge in [0.2, 0.25) is 0 Å². The third-order valence-corrected chi connectivity index (χ3v) is 11.6. The van der Waals surface area contributed by atoms with E-state index in [9.17, 15) is 14.0 Å². The summed E-state index contributed by atoms with van der Waals surface area (Å²) in [6.07, 6.45) is 38.7. The van der Waals surface area contributed by atoms with Crippen molar-refractivity contribution in [3.05, 3.63) is 105 Å². The van der Waals surface area contributed by atoms with Crippen molar-refractivity contribution in [2.75, 3.05) is 6.61 Å². The first-order valence-electron chi connectivity index (χ1n) is 20.4. The van der Waals surface area contributed by atoms with Gasteiger partial charge in [-0.3, -0.25) is 4.52 Å². The fourth-order valence-electron chi connectivity index (χ4n) is 5.86. The molecular weight excluding hydrogens is 726 g/mol. The summed E-state index contributed by atoms with van der Waals surface area (Å²) >= 11 is 0. The second kappa shape index (κ2) is 31.0. The molecule has 1 atom stereocenters. The molecule has 0 saturated carbocycles. The van der Waals surface area contributed by atoms with E-state index in [-0.39, 0.29) is 6.61 Å². The number of rotatable bonds is 30. The van der Waals surface area contributed by atoms with Gasteiger partial charge in [0, 0.05) is 0 Å². The van der Waals surface area contributed by atoms with Gasteiger partial charge in [0.05, 0.1) is 6.61 Å². The van der Waals surface area contributed by atoms with Crippen molar-refractivity contribution in [3.63, 3.8) is 0 Å². The van der Waals surface area contributed by atoms with Crippen LogP contribution in [0.15, 0.2) is 105 Å². The molecule has 0 aromatic heterocycles. The maximum atomic E-state index is 11.5. The average molecular weight is 805 g/mol. The predicted octanol–water partition coefficient (Wildman–Crippen LogP) is 15.4. The van der Waals surface area contributed by atoms with Crippen LogP contribution in [-0.4, -0.2) is 21.3 Å². The molecular formula is C46H78O7P2. The molecule has 7 nitrogen and oxygen atoms in total. The fraction of sp³-hybridized carbons (Fsp3) is 0.609. The first-order valence-corrected chi connectivity index (χ1v) is 23.4. The Morgan fingerprint density at radius 2 is 0.600 bits per heavy atom. The van der Waals surface area contributed by atoms with E-state index in [1.54, 1.807) is 0 Å². The minimum atomic E-state index is -5.09. The molecule has 0 saturated heterocycles. The molecule has 0 aliphatic heterocycles. The van der Waals surface area contributed by atoms with Crippen LogP contribution >= 0.6 is 15.6 Å². The van der Waals surface area contributed by atoms with Crippen molar-refractivity contribution in [1.82, 2.24) is 0 Å². The molecule has 0 aliphatic rings. The Hall–Kier alpha value is -2.08. The van der Waals surface area contributed by atoms with Gasteiger partial charge in [-0.1, -0.05) is 105 Å². The van der Waals surface area contributed by atoms with Crippen molar-refractivity contribution in [3.8, 4) is 0 Å². The van der Waals surface area contributed by atoms with Crippen LogP contribution in [0.5, 0.6) is 0 Å². The van der Waals surface area contributed by atoms with Crippen LogP contribution in [0, 0.1) is 0 Å². The first kappa shape index (κ1) is 52.9. The molecule has 3 N–H and O–H groups in total. The number of allylic oxidation sites excluding steroid dienone is 17. The zero-order valence-electron chi connectivity index (χ0n) is 36.3. The summed E-state index contributed by atoms with van der Waals surface area (Å²) < 4.78 is 30.5. The molecule has 9 heteroatoms. The summed E-state index contributed by atoms with van der Waals surface area (Å²) in [6.45, 7) is 21.9. The van der Waals surface area contributed by atoms with Crippen molar-refractivity contribution < 1.29 is 32.6 Å². The Kier molecular flexibility index (Phi) is 29.8. The summed E-state index contributed by atoms with van der Waals surface area (Å²) in [5, 5.41) is 0. The van der Waals surface area contributed by atoms with Gasteiger partial charge < -0.3 is 14.7 Å². The lowest BCUT2D eigenvalue weighted by molar-refractivity contribution is 0.180. The molecule has 0 amide bonds. The molecule has 0 aliphatic carbocycles. The molecule has 0 aromatic carbocycles. The Morgan fingerprint density at radius 3 is 0.818 bits per heavy atom. The van der Waals surface area contributed by atoms with E-state index in [2.05, 4.69) is 120 Å². The molecule has 0 aromatic rings. The normalized spacial score (nSPS) is 15.8. The zero-order valence-corrected chi connectivity index (χ0v) is 38.1. The van der Waals surface area contributed by atoms with Gasteiger partial charge in [-0.2, -0.15) is 4.31 Å². The second-order valence-electron chi connectivity index (χ2n) is 15.7. The maximum Gasteiger partial charge on any atom is 0.481 e. The van der Waals surface area contributed by atoms with E-state index < -0.39 is 15.6 Å². The van der Waals surface area contributed by atoms with E-state index in [1.165, 1.54) is 51.0 Å². The van der Waals surface area contributed by atoms with Crippen molar-refractivity contribution in [1.29, 1.82) is 0 Å². The van der Waals surface area contributed by atoms with E-state index in [0.29, 0.717) is 6.42 Å². The highest BCUT2D eigenvalue weighted by Crippen LogP contribution is 2.57. The Labute approximate surface area is 337 Å². The van der Waals surface area contributed by atoms with Crippen LogP contribution in [0.3, 0.4) is 0 Å². The van der Waals surface area contributed by atoms with Gasteiger partial charge >= 0.3 is 15.6 Å². The molecule has 0 spiro atoms. The zero-order chi connectivity index (χ0) is 41.7. The lowest BCUT2D eigenvalue weighted by atomic mass is 10.0. The third kappa shape index (κ3) is 36.0. The first-order chi connectivity index (χ1) is 25.8. The summed E-state index contributed by atoms with van der Waals surface area (Å²) in [7, 11) is -9.87. The highest BCUT2D eigenvalue weighted by Gasteiger charge is 2.31. The SMILES string of the molecule is CC(C)=CCCC(C)=CCCC(C)=CCCC(C)=CCCC(C)=CCCC(C)=CCCC(C)=CCCC(C)=CCCC(C)=CCCOP(=O)(O)OP(=O)(O)O. The predicted molar refractivity (Wildman–Crippen MR) is 237 cm³/mol. The molecule has 0 rings (SSSR count). The van der Waals surface area contributed by atoms with Gasteiger partial charge in [-0.05, 0) is 178 Å². The van der Waals surface area contributed by atoms with E-state index in [4.69, 9.17) is 9.79 Å². The van der Waals surface area contributed by atoms with Crippen LogP contribution in [0.2, 0.25) is 0 Å². The Morgan fingerprint density at radius 1 is 0.382 bits per heavy atom. The molecule has 0 heterocycles.